The molecule has 2 aromatic heterocycles. The van der Waals surface area contributed by atoms with Crippen LogP contribution in [0.25, 0.3) is 0 Å². The van der Waals surface area contributed by atoms with Gasteiger partial charge in [-0.25, -0.2) is 14.9 Å². The molecule has 4 heteroatoms. The Labute approximate surface area is 135 Å². The molecule has 0 radical (unpaired) electrons. The first-order valence-electron chi connectivity index (χ1n) is 8.09. The summed E-state index contributed by atoms with van der Waals surface area (Å²) in [4.78, 5) is 23.9. The van der Waals surface area contributed by atoms with Crippen molar-refractivity contribution in [2.24, 2.45) is 17.8 Å². The molecule has 23 heavy (non-hydrogen) atoms. The largest absolute Gasteiger partial charge is 0.274 e. The van der Waals surface area contributed by atoms with E-state index >= 15 is 0 Å². The Bertz CT molecular complexity index is 756. The van der Waals surface area contributed by atoms with Gasteiger partial charge >= 0.3 is 0 Å². The van der Waals surface area contributed by atoms with Gasteiger partial charge in [0.15, 0.2) is 0 Å². The lowest BCUT2D eigenvalue weighted by Crippen LogP contribution is -2.35. The third-order valence-electron chi connectivity index (χ3n) is 4.89. The van der Waals surface area contributed by atoms with Crippen molar-refractivity contribution >= 4 is 17.5 Å². The molecule has 2 aliphatic carbocycles. The lowest BCUT2D eigenvalue weighted by atomic mass is 9.92. The van der Waals surface area contributed by atoms with Crippen LogP contribution in [0.3, 0.4) is 0 Å². The van der Waals surface area contributed by atoms with Gasteiger partial charge in [-0.2, -0.15) is 0 Å². The van der Waals surface area contributed by atoms with Gasteiger partial charge in [0, 0.05) is 18.3 Å². The van der Waals surface area contributed by atoms with Crippen molar-refractivity contribution in [1.82, 2.24) is 9.97 Å². The number of nitrogens with zero attached hydrogens (tertiary/aromatic N) is 3. The molecule has 1 fully saturated rings. The van der Waals surface area contributed by atoms with Crippen LogP contribution in [0.2, 0.25) is 0 Å². The number of carbonyl (C=O) groups is 1. The molecular weight excluding hydrogens is 286 g/mol. The van der Waals surface area contributed by atoms with Gasteiger partial charge < -0.3 is 0 Å². The minimum Gasteiger partial charge on any atom is -0.274 e. The van der Waals surface area contributed by atoms with Gasteiger partial charge in [0.1, 0.15) is 11.6 Å². The first kappa shape index (κ1) is 14.1. The van der Waals surface area contributed by atoms with Gasteiger partial charge in [-0.15, -0.1) is 0 Å². The van der Waals surface area contributed by atoms with Crippen molar-refractivity contribution in [3.8, 4) is 0 Å². The SMILES string of the molecule is Cc1cccnc1N(C(=O)[C@H]1C[C@H]2C=C[C@@H]1C2)c1ccccn1. The van der Waals surface area contributed by atoms with Crippen molar-refractivity contribution in [3.05, 3.63) is 60.4 Å². The number of aryl methyl sites for hydroxylation is 1. The average molecular weight is 305 g/mol. The zero-order valence-electron chi connectivity index (χ0n) is 13.1. The zero-order chi connectivity index (χ0) is 15.8. The Hall–Kier alpha value is -2.49. The van der Waals surface area contributed by atoms with Crippen molar-refractivity contribution in [1.29, 1.82) is 0 Å². The number of hydrogen-bond donors (Lipinski definition) is 0. The number of aromatic nitrogens is 2. The smallest absolute Gasteiger partial charge is 0.237 e. The molecule has 2 aromatic rings. The average Bonchev–Trinajstić information content (AvgIpc) is 3.21. The molecule has 0 unspecified atom stereocenters. The van der Waals surface area contributed by atoms with Crippen LogP contribution in [0, 0.1) is 24.7 Å². The second-order valence-electron chi connectivity index (χ2n) is 6.39. The topological polar surface area (TPSA) is 46.1 Å². The van der Waals surface area contributed by atoms with Crippen LogP contribution in [0.4, 0.5) is 11.6 Å². The summed E-state index contributed by atoms with van der Waals surface area (Å²) in [6.45, 7) is 1.98. The number of pyridine rings is 2. The first-order valence-corrected chi connectivity index (χ1v) is 8.09. The molecule has 0 aromatic carbocycles. The van der Waals surface area contributed by atoms with E-state index in [1.54, 1.807) is 17.3 Å². The maximum Gasteiger partial charge on any atom is 0.237 e. The van der Waals surface area contributed by atoms with E-state index in [0.717, 1.165) is 18.4 Å². The molecule has 2 bridgehead atoms. The summed E-state index contributed by atoms with van der Waals surface area (Å²) in [5.41, 5.74) is 0.977. The minimum absolute atomic E-state index is 0.0356. The monoisotopic (exact) mass is 305 g/mol. The standard InChI is InChI=1S/C19H19N3O/c1-13-5-4-10-21-18(13)22(17-6-2-3-9-20-17)19(23)16-12-14-7-8-15(16)11-14/h2-10,14-16H,11-12H2,1H3/t14-,15+,16-/m0/s1. The van der Waals surface area contributed by atoms with E-state index in [2.05, 4.69) is 22.1 Å². The summed E-state index contributed by atoms with van der Waals surface area (Å²) in [5, 5.41) is 0. The van der Waals surface area contributed by atoms with Crippen LogP contribution in [-0.4, -0.2) is 15.9 Å². The van der Waals surface area contributed by atoms with Crippen LogP contribution < -0.4 is 4.90 Å². The zero-order valence-corrected chi connectivity index (χ0v) is 13.1. The number of hydrogen-bond acceptors (Lipinski definition) is 3. The van der Waals surface area contributed by atoms with Crippen LogP contribution >= 0.6 is 0 Å². The predicted octanol–water partition coefficient (Wildman–Crippen LogP) is 3.66. The molecule has 2 aliphatic rings. The van der Waals surface area contributed by atoms with Crippen LogP contribution in [0.5, 0.6) is 0 Å². The van der Waals surface area contributed by atoms with Gasteiger partial charge in [0.05, 0.1) is 0 Å². The highest BCUT2D eigenvalue weighted by atomic mass is 16.2. The molecule has 0 N–H and O–H groups in total. The van der Waals surface area contributed by atoms with Crippen molar-refractivity contribution < 1.29 is 4.79 Å². The Morgan fingerprint density at radius 2 is 1.96 bits per heavy atom. The fourth-order valence-corrected chi connectivity index (χ4v) is 3.75. The molecule has 116 valence electrons. The molecule has 3 atom stereocenters. The van der Waals surface area contributed by atoms with Gasteiger partial charge in [-0.3, -0.25) is 4.79 Å². The van der Waals surface area contributed by atoms with Gasteiger partial charge in [0.25, 0.3) is 0 Å². The summed E-state index contributed by atoms with van der Waals surface area (Å²) >= 11 is 0. The number of allylic oxidation sites excluding steroid dienone is 2. The van der Waals surface area contributed by atoms with E-state index in [-0.39, 0.29) is 11.8 Å². The third-order valence-corrected chi connectivity index (χ3v) is 4.89. The molecule has 4 rings (SSSR count). The highest BCUT2D eigenvalue weighted by molar-refractivity contribution is 6.01. The van der Waals surface area contributed by atoms with E-state index in [1.807, 2.05) is 37.3 Å². The second kappa shape index (κ2) is 5.61. The van der Waals surface area contributed by atoms with Crippen molar-refractivity contribution in [2.45, 2.75) is 19.8 Å². The number of rotatable bonds is 3. The highest BCUT2D eigenvalue weighted by Gasteiger charge is 2.42. The van der Waals surface area contributed by atoms with Crippen LogP contribution in [0.15, 0.2) is 54.9 Å². The van der Waals surface area contributed by atoms with E-state index in [4.69, 9.17) is 0 Å². The molecule has 2 heterocycles. The fourth-order valence-electron chi connectivity index (χ4n) is 3.75. The molecule has 1 amide bonds. The van der Waals surface area contributed by atoms with E-state index in [9.17, 15) is 4.79 Å². The summed E-state index contributed by atoms with van der Waals surface area (Å²) in [5.74, 6) is 2.40. The third kappa shape index (κ3) is 2.44. The molecule has 4 nitrogen and oxygen atoms in total. The number of amides is 1. The fraction of sp³-hybridized carbons (Fsp3) is 0.316. The number of carbonyl (C=O) groups excluding carboxylic acids is 1. The van der Waals surface area contributed by atoms with E-state index < -0.39 is 0 Å². The maximum absolute atomic E-state index is 13.3. The summed E-state index contributed by atoms with van der Waals surface area (Å²) < 4.78 is 0. The normalized spacial score (nSPS) is 24.8. The first-order chi connectivity index (χ1) is 11.2. The Balaban J connectivity index is 1.75. The van der Waals surface area contributed by atoms with Crippen molar-refractivity contribution in [2.75, 3.05) is 4.90 Å². The number of fused-ring (bicyclic) bond motifs is 2. The minimum atomic E-state index is 0.0356. The lowest BCUT2D eigenvalue weighted by molar-refractivity contribution is -0.122. The molecule has 0 saturated heterocycles. The molecular formula is C19H19N3O. The maximum atomic E-state index is 13.3. The highest BCUT2D eigenvalue weighted by Crippen LogP contribution is 2.45. The Kier molecular flexibility index (Phi) is 3.45. The second-order valence-corrected chi connectivity index (χ2v) is 6.39. The van der Waals surface area contributed by atoms with Crippen LogP contribution in [0.1, 0.15) is 18.4 Å². The van der Waals surface area contributed by atoms with Crippen LogP contribution in [-0.2, 0) is 4.79 Å². The van der Waals surface area contributed by atoms with E-state index in [0.29, 0.717) is 23.5 Å². The molecule has 0 aliphatic heterocycles. The van der Waals surface area contributed by atoms with Crippen molar-refractivity contribution in [3.63, 3.8) is 0 Å². The summed E-state index contributed by atoms with van der Waals surface area (Å²) in [6, 6.07) is 9.50. The Morgan fingerprint density at radius 1 is 1.09 bits per heavy atom. The lowest BCUT2D eigenvalue weighted by Gasteiger charge is -2.27. The van der Waals surface area contributed by atoms with Gasteiger partial charge in [-0.05, 0) is 55.4 Å². The molecule has 1 saturated carbocycles. The molecule has 0 spiro atoms. The quantitative estimate of drug-likeness (QED) is 0.813. The predicted molar refractivity (Wildman–Crippen MR) is 89.2 cm³/mol. The van der Waals surface area contributed by atoms with Gasteiger partial charge in [-0.1, -0.05) is 24.3 Å². The number of anilines is 2. The summed E-state index contributed by atoms with van der Waals surface area (Å²) in [7, 11) is 0. The summed E-state index contributed by atoms with van der Waals surface area (Å²) in [6.07, 6.45) is 9.95. The van der Waals surface area contributed by atoms with Gasteiger partial charge in [0.2, 0.25) is 5.91 Å². The Morgan fingerprint density at radius 3 is 2.61 bits per heavy atom. The van der Waals surface area contributed by atoms with E-state index in [1.165, 1.54) is 0 Å².